The van der Waals surface area contributed by atoms with E-state index in [0.717, 1.165) is 5.56 Å². The first-order chi connectivity index (χ1) is 8.81. The summed E-state index contributed by atoms with van der Waals surface area (Å²) in [6, 6.07) is 8.60. The van der Waals surface area contributed by atoms with Crippen LogP contribution in [-0.4, -0.2) is 19.9 Å². The number of rotatable bonds is 2. The Labute approximate surface area is 102 Å². The summed E-state index contributed by atoms with van der Waals surface area (Å²) >= 11 is 0. The monoisotopic (exact) mass is 239 g/mol. The molecular weight excluding hydrogens is 230 g/mol. The van der Waals surface area contributed by atoms with Crippen molar-refractivity contribution in [1.29, 1.82) is 0 Å². The highest BCUT2D eigenvalue weighted by Gasteiger charge is 2.06. The molecule has 0 saturated heterocycles. The van der Waals surface area contributed by atoms with Gasteiger partial charge in [-0.05, 0) is 18.2 Å². The SMILES string of the molecule is O=c1ccc2cnc(Nc3ccccn3)[nH]c-2n1. The highest BCUT2D eigenvalue weighted by molar-refractivity contribution is 5.58. The lowest BCUT2D eigenvalue weighted by Gasteiger charge is -2.07. The number of nitrogens with one attached hydrogen (secondary N) is 2. The first-order valence-corrected chi connectivity index (χ1v) is 5.35. The van der Waals surface area contributed by atoms with Crippen LogP contribution in [0.2, 0.25) is 0 Å². The molecule has 0 aliphatic carbocycles. The van der Waals surface area contributed by atoms with Crippen molar-refractivity contribution < 1.29 is 0 Å². The maximum atomic E-state index is 11.2. The van der Waals surface area contributed by atoms with E-state index >= 15 is 0 Å². The van der Waals surface area contributed by atoms with Crippen molar-refractivity contribution in [1.82, 2.24) is 19.9 Å². The van der Waals surface area contributed by atoms with E-state index in [0.29, 0.717) is 17.6 Å². The van der Waals surface area contributed by atoms with Crippen LogP contribution in [0.25, 0.3) is 11.4 Å². The number of fused-ring (bicyclic) bond motifs is 1. The number of nitrogens with zero attached hydrogens (tertiary/aromatic N) is 3. The Kier molecular flexibility index (Phi) is 2.45. The van der Waals surface area contributed by atoms with E-state index in [1.165, 1.54) is 6.07 Å². The van der Waals surface area contributed by atoms with E-state index in [1.54, 1.807) is 18.5 Å². The van der Waals surface area contributed by atoms with Gasteiger partial charge in [0, 0.05) is 24.0 Å². The molecule has 6 nitrogen and oxygen atoms in total. The van der Waals surface area contributed by atoms with Gasteiger partial charge in [0.25, 0.3) is 5.56 Å². The summed E-state index contributed by atoms with van der Waals surface area (Å²) in [6.45, 7) is 0. The quantitative estimate of drug-likeness (QED) is 0.706. The number of hydrogen-bond donors (Lipinski definition) is 2. The number of aromatic amines is 1. The van der Waals surface area contributed by atoms with Crippen molar-refractivity contribution in [3.8, 4) is 11.4 Å². The molecule has 6 heteroatoms. The number of H-pyrrole nitrogens is 1. The smallest absolute Gasteiger partial charge is 0.271 e. The first-order valence-electron chi connectivity index (χ1n) is 5.35. The Balaban J connectivity index is 1.99. The predicted molar refractivity (Wildman–Crippen MR) is 66.8 cm³/mol. The predicted octanol–water partition coefficient (Wildman–Crippen LogP) is 1.41. The van der Waals surface area contributed by atoms with Crippen LogP contribution in [-0.2, 0) is 0 Å². The molecule has 2 N–H and O–H groups in total. The van der Waals surface area contributed by atoms with Gasteiger partial charge in [-0.1, -0.05) is 6.07 Å². The standard InChI is InChI=1S/C12H9N5O/c18-10-5-4-8-7-14-12(17-11(8)16-10)15-9-3-1-2-6-13-9/h1-7H,(H2,13,14,15,16,17,18). The molecule has 88 valence electrons. The topological polar surface area (TPSA) is 83.6 Å². The minimum absolute atomic E-state index is 0.284. The van der Waals surface area contributed by atoms with Crippen LogP contribution in [0.4, 0.5) is 11.8 Å². The number of anilines is 2. The Morgan fingerprint density at radius 1 is 1.11 bits per heavy atom. The average Bonchev–Trinajstić information content (AvgIpc) is 2.39. The van der Waals surface area contributed by atoms with Crippen LogP contribution in [0.5, 0.6) is 0 Å². The largest absolute Gasteiger partial charge is 0.310 e. The van der Waals surface area contributed by atoms with Crippen LogP contribution in [0.3, 0.4) is 0 Å². The Morgan fingerprint density at radius 2 is 2.06 bits per heavy atom. The molecule has 0 amide bonds. The molecule has 0 saturated carbocycles. The fraction of sp³-hybridized carbons (Fsp3) is 0. The molecule has 2 aliphatic rings. The van der Waals surface area contributed by atoms with Crippen LogP contribution < -0.4 is 10.9 Å². The van der Waals surface area contributed by atoms with Gasteiger partial charge in [0.2, 0.25) is 5.95 Å². The molecule has 3 rings (SSSR count). The second-order valence-electron chi connectivity index (χ2n) is 3.66. The summed E-state index contributed by atoms with van der Waals surface area (Å²) in [4.78, 5) is 26.3. The van der Waals surface area contributed by atoms with Crippen LogP contribution in [0.1, 0.15) is 0 Å². The summed E-state index contributed by atoms with van der Waals surface area (Å²) in [5.74, 6) is 1.65. The average molecular weight is 239 g/mol. The lowest BCUT2D eigenvalue weighted by Crippen LogP contribution is -2.09. The van der Waals surface area contributed by atoms with Crippen molar-refractivity contribution in [3.63, 3.8) is 0 Å². The minimum Gasteiger partial charge on any atom is -0.310 e. The third kappa shape index (κ3) is 2.03. The molecule has 0 radical (unpaired) electrons. The highest BCUT2D eigenvalue weighted by atomic mass is 16.1. The van der Waals surface area contributed by atoms with Gasteiger partial charge in [-0.3, -0.25) is 4.79 Å². The van der Waals surface area contributed by atoms with E-state index in [9.17, 15) is 4.79 Å². The second kappa shape index (κ2) is 4.25. The number of pyridine rings is 2. The molecule has 0 atom stereocenters. The van der Waals surface area contributed by atoms with Gasteiger partial charge in [-0.25, -0.2) is 9.97 Å². The van der Waals surface area contributed by atoms with E-state index < -0.39 is 0 Å². The molecule has 0 aromatic carbocycles. The van der Waals surface area contributed by atoms with Gasteiger partial charge in [0.15, 0.2) is 0 Å². The van der Waals surface area contributed by atoms with Crippen molar-refractivity contribution in [2.45, 2.75) is 0 Å². The number of hydrogen-bond acceptors (Lipinski definition) is 5. The summed E-state index contributed by atoms with van der Waals surface area (Å²) < 4.78 is 0. The molecule has 0 bridgehead atoms. The molecule has 3 heterocycles. The summed E-state index contributed by atoms with van der Waals surface area (Å²) in [5.41, 5.74) is 0.495. The fourth-order valence-electron chi connectivity index (χ4n) is 1.56. The molecule has 2 aliphatic heterocycles. The van der Waals surface area contributed by atoms with Gasteiger partial charge < -0.3 is 10.3 Å². The van der Waals surface area contributed by atoms with Crippen LogP contribution >= 0.6 is 0 Å². The lowest BCUT2D eigenvalue weighted by molar-refractivity contribution is 1.08. The van der Waals surface area contributed by atoms with Gasteiger partial charge in [0.1, 0.15) is 11.6 Å². The maximum Gasteiger partial charge on any atom is 0.271 e. The molecule has 1 aromatic heterocycles. The van der Waals surface area contributed by atoms with Gasteiger partial charge in [-0.2, -0.15) is 4.98 Å². The highest BCUT2D eigenvalue weighted by Crippen LogP contribution is 2.16. The molecular formula is C12H9N5O. The molecule has 1 aromatic rings. The van der Waals surface area contributed by atoms with Gasteiger partial charge in [0.05, 0.1) is 0 Å². The van der Waals surface area contributed by atoms with E-state index in [1.807, 2.05) is 18.2 Å². The number of aromatic nitrogens is 4. The van der Waals surface area contributed by atoms with Crippen molar-refractivity contribution >= 4 is 11.8 Å². The normalized spacial score (nSPS) is 10.4. The van der Waals surface area contributed by atoms with E-state index in [2.05, 4.69) is 25.3 Å². The van der Waals surface area contributed by atoms with E-state index in [4.69, 9.17) is 0 Å². The Bertz CT molecular complexity index is 694. The first kappa shape index (κ1) is 10.4. The minimum atomic E-state index is -0.284. The van der Waals surface area contributed by atoms with Crippen LogP contribution in [0.15, 0.2) is 47.5 Å². The zero-order valence-electron chi connectivity index (χ0n) is 9.29. The third-order valence-electron chi connectivity index (χ3n) is 2.38. The van der Waals surface area contributed by atoms with Crippen molar-refractivity contribution in [2.75, 3.05) is 5.32 Å². The zero-order chi connectivity index (χ0) is 12.4. The summed E-state index contributed by atoms with van der Waals surface area (Å²) in [5, 5.41) is 3.00. The molecule has 18 heavy (non-hydrogen) atoms. The van der Waals surface area contributed by atoms with Crippen LogP contribution in [0, 0.1) is 0 Å². The van der Waals surface area contributed by atoms with Crippen molar-refractivity contribution in [2.24, 2.45) is 0 Å². The zero-order valence-corrected chi connectivity index (χ0v) is 9.29. The Morgan fingerprint density at radius 3 is 2.89 bits per heavy atom. The third-order valence-corrected chi connectivity index (χ3v) is 2.38. The lowest BCUT2D eigenvalue weighted by atomic mass is 10.2. The molecule has 0 spiro atoms. The second-order valence-corrected chi connectivity index (χ2v) is 3.66. The fourth-order valence-corrected chi connectivity index (χ4v) is 1.56. The van der Waals surface area contributed by atoms with Crippen molar-refractivity contribution in [3.05, 3.63) is 53.1 Å². The summed E-state index contributed by atoms with van der Waals surface area (Å²) in [7, 11) is 0. The van der Waals surface area contributed by atoms with Gasteiger partial charge >= 0.3 is 0 Å². The molecule has 0 fully saturated rings. The van der Waals surface area contributed by atoms with Gasteiger partial charge in [-0.15, -0.1) is 0 Å². The van der Waals surface area contributed by atoms with E-state index in [-0.39, 0.29) is 5.56 Å². The Hall–Kier alpha value is -2.76. The maximum absolute atomic E-state index is 11.2. The summed E-state index contributed by atoms with van der Waals surface area (Å²) in [6.07, 6.45) is 3.32. The molecule has 0 unspecified atom stereocenters.